The molecule has 0 amide bonds. The van der Waals surface area contributed by atoms with Crippen molar-refractivity contribution in [2.75, 3.05) is 0 Å². The number of benzene rings is 2. The smallest absolute Gasteiger partial charge is 0.159 e. The number of pyridine rings is 2. The van der Waals surface area contributed by atoms with Crippen molar-refractivity contribution in [1.82, 2.24) is 30.7 Å². The predicted octanol–water partition coefficient (Wildman–Crippen LogP) is 6.20. The van der Waals surface area contributed by atoms with E-state index in [0.29, 0.717) is 6.54 Å². The molecule has 0 fully saturated rings. The summed E-state index contributed by atoms with van der Waals surface area (Å²) >= 11 is 1.66. The van der Waals surface area contributed by atoms with Gasteiger partial charge in [-0.15, -0.1) is 11.3 Å². The molecule has 6 aromatic rings. The van der Waals surface area contributed by atoms with E-state index in [2.05, 4.69) is 86.5 Å². The van der Waals surface area contributed by atoms with Crippen LogP contribution in [0.3, 0.4) is 0 Å². The summed E-state index contributed by atoms with van der Waals surface area (Å²) in [6.07, 6.45) is 5.69. The summed E-state index contributed by atoms with van der Waals surface area (Å²) in [6, 6.07) is 23.2. The van der Waals surface area contributed by atoms with Crippen molar-refractivity contribution in [2.45, 2.75) is 26.6 Å². The van der Waals surface area contributed by atoms with E-state index in [1.807, 2.05) is 36.8 Å². The lowest BCUT2D eigenvalue weighted by Crippen LogP contribution is -2.22. The second-order valence-corrected chi connectivity index (χ2v) is 10.9. The number of hydrogen-bond acceptors (Lipinski definition) is 7. The molecular weight excluding hydrogens is 514 g/mol. The number of nitrogens with one attached hydrogen (secondary N) is 3. The summed E-state index contributed by atoms with van der Waals surface area (Å²) in [5.41, 5.74) is 14.8. The van der Waals surface area contributed by atoms with Crippen molar-refractivity contribution >= 4 is 28.1 Å². The van der Waals surface area contributed by atoms with Crippen LogP contribution >= 0.6 is 11.3 Å². The van der Waals surface area contributed by atoms with Gasteiger partial charge in [0.25, 0.3) is 0 Å². The number of imidazole rings is 1. The van der Waals surface area contributed by atoms with E-state index < -0.39 is 0 Å². The summed E-state index contributed by atoms with van der Waals surface area (Å²) in [5, 5.41) is 10.3. The van der Waals surface area contributed by atoms with Crippen LogP contribution < -0.4 is 10.7 Å². The standard InChI is InChI=1S/C32H27N7S/c1-20-12-23-19-36-39-29(32-37-27-9-10-35-31(30(27)38-32)28-8-5-11-40-28)26(23)14-25(20)24-13-22(17-34-18-24)16-33-15-21-6-3-2-4-7-21/h2-14,17-18,33,36H,15-16,19H2,1H3,(H,37,38). The highest BCUT2D eigenvalue weighted by Crippen LogP contribution is 2.32. The fraction of sp³-hybridized carbons (Fsp3) is 0.125. The monoisotopic (exact) mass is 541 g/mol. The summed E-state index contributed by atoms with van der Waals surface area (Å²) in [4.78, 5) is 18.8. The van der Waals surface area contributed by atoms with E-state index in [1.165, 1.54) is 16.7 Å². The molecule has 1 aliphatic heterocycles. The van der Waals surface area contributed by atoms with Crippen molar-refractivity contribution in [3.8, 4) is 21.7 Å². The normalized spacial score (nSPS) is 12.7. The number of aryl methyl sites for hydroxylation is 1. The Hall–Kier alpha value is -4.66. The Labute approximate surface area is 236 Å². The molecule has 0 saturated heterocycles. The molecule has 0 spiro atoms. The molecule has 8 heteroatoms. The Morgan fingerprint density at radius 1 is 0.925 bits per heavy atom. The summed E-state index contributed by atoms with van der Waals surface area (Å²) in [6.45, 7) is 4.39. The van der Waals surface area contributed by atoms with E-state index in [9.17, 15) is 0 Å². The van der Waals surface area contributed by atoms with E-state index in [-0.39, 0.29) is 0 Å². The Morgan fingerprint density at radius 3 is 2.70 bits per heavy atom. The number of nitrogens with zero attached hydrogens (tertiary/aromatic N) is 4. The Morgan fingerprint density at radius 2 is 1.82 bits per heavy atom. The lowest BCUT2D eigenvalue weighted by molar-refractivity contribution is 0.691. The van der Waals surface area contributed by atoms with E-state index >= 15 is 0 Å². The molecule has 0 atom stereocenters. The molecule has 7 nitrogen and oxygen atoms in total. The molecule has 7 rings (SSSR count). The van der Waals surface area contributed by atoms with Crippen molar-refractivity contribution in [3.63, 3.8) is 0 Å². The first-order chi connectivity index (χ1) is 19.7. The summed E-state index contributed by atoms with van der Waals surface area (Å²) < 4.78 is 0. The molecule has 2 aromatic carbocycles. The van der Waals surface area contributed by atoms with E-state index in [0.717, 1.165) is 68.5 Å². The molecule has 0 radical (unpaired) electrons. The molecule has 0 aliphatic carbocycles. The third kappa shape index (κ3) is 4.68. The zero-order chi connectivity index (χ0) is 26.9. The first kappa shape index (κ1) is 24.4. The van der Waals surface area contributed by atoms with Crippen LogP contribution in [0.15, 0.2) is 95.8 Å². The van der Waals surface area contributed by atoms with Gasteiger partial charge in [-0.25, -0.2) is 4.98 Å². The number of rotatable bonds is 7. The van der Waals surface area contributed by atoms with Gasteiger partial charge in [0.2, 0.25) is 0 Å². The van der Waals surface area contributed by atoms with Gasteiger partial charge in [-0.3, -0.25) is 9.97 Å². The highest BCUT2D eigenvalue weighted by atomic mass is 32.1. The minimum Gasteiger partial charge on any atom is -0.336 e. The zero-order valence-electron chi connectivity index (χ0n) is 22.0. The number of H-pyrrole nitrogens is 1. The largest absolute Gasteiger partial charge is 0.336 e. The maximum absolute atomic E-state index is 4.99. The topological polar surface area (TPSA) is 90.9 Å². The van der Waals surface area contributed by atoms with Gasteiger partial charge in [-0.2, -0.15) is 5.10 Å². The van der Waals surface area contributed by atoms with Gasteiger partial charge in [-0.05, 0) is 64.4 Å². The fourth-order valence-corrected chi connectivity index (χ4v) is 5.93. The number of thiophene rings is 1. The first-order valence-corrected chi connectivity index (χ1v) is 14.1. The fourth-order valence-electron chi connectivity index (χ4n) is 5.21. The van der Waals surface area contributed by atoms with Gasteiger partial charge >= 0.3 is 0 Å². The van der Waals surface area contributed by atoms with Crippen LogP contribution in [0, 0.1) is 6.92 Å². The molecule has 3 N–H and O–H groups in total. The lowest BCUT2D eigenvalue weighted by Gasteiger charge is -2.19. The molecule has 1 aliphatic rings. The zero-order valence-corrected chi connectivity index (χ0v) is 22.8. The third-order valence-corrected chi connectivity index (χ3v) is 8.03. The average molecular weight is 542 g/mol. The minimum absolute atomic E-state index is 0.671. The molecule has 196 valence electrons. The van der Waals surface area contributed by atoms with Crippen LogP contribution in [-0.2, 0) is 19.6 Å². The maximum atomic E-state index is 4.99. The Bertz CT molecular complexity index is 1840. The third-order valence-electron chi connectivity index (χ3n) is 7.15. The SMILES string of the molecule is Cc1cc2c(cc1-c1cncc(CNCc3ccccc3)c1)C(c1nc3c(-c4cccs4)nccc3[nH]1)=NNC2. The van der Waals surface area contributed by atoms with Crippen molar-refractivity contribution < 1.29 is 0 Å². The second-order valence-electron chi connectivity index (χ2n) is 9.91. The van der Waals surface area contributed by atoms with Crippen LogP contribution in [0.1, 0.15) is 33.6 Å². The van der Waals surface area contributed by atoms with Crippen LogP contribution in [0.25, 0.3) is 32.7 Å². The van der Waals surface area contributed by atoms with Crippen LogP contribution in [-0.4, -0.2) is 25.6 Å². The Kier molecular flexibility index (Phi) is 6.39. The first-order valence-electron chi connectivity index (χ1n) is 13.3. The van der Waals surface area contributed by atoms with Gasteiger partial charge in [-0.1, -0.05) is 42.5 Å². The molecule has 5 heterocycles. The molecule has 4 aromatic heterocycles. The molecule has 40 heavy (non-hydrogen) atoms. The van der Waals surface area contributed by atoms with Crippen LogP contribution in [0.2, 0.25) is 0 Å². The van der Waals surface area contributed by atoms with Crippen molar-refractivity contribution in [2.24, 2.45) is 5.10 Å². The molecular formula is C32H27N7S. The molecule has 0 saturated carbocycles. The number of aromatic amines is 1. The lowest BCUT2D eigenvalue weighted by atomic mass is 9.92. The number of fused-ring (bicyclic) bond motifs is 2. The van der Waals surface area contributed by atoms with Gasteiger partial charge < -0.3 is 15.7 Å². The van der Waals surface area contributed by atoms with Gasteiger partial charge in [0.05, 0.1) is 16.9 Å². The maximum Gasteiger partial charge on any atom is 0.159 e. The average Bonchev–Trinajstić information content (AvgIpc) is 3.68. The predicted molar refractivity (Wildman–Crippen MR) is 161 cm³/mol. The number of hydrogen-bond donors (Lipinski definition) is 3. The number of aromatic nitrogens is 4. The highest BCUT2D eigenvalue weighted by molar-refractivity contribution is 7.13. The highest BCUT2D eigenvalue weighted by Gasteiger charge is 2.22. The summed E-state index contributed by atoms with van der Waals surface area (Å²) in [7, 11) is 0. The van der Waals surface area contributed by atoms with Gasteiger partial charge in [0, 0.05) is 42.8 Å². The quantitative estimate of drug-likeness (QED) is 0.224. The molecule has 0 unspecified atom stereocenters. The van der Waals surface area contributed by atoms with Gasteiger partial charge in [0.15, 0.2) is 5.82 Å². The summed E-state index contributed by atoms with van der Waals surface area (Å²) in [5.74, 6) is 0.723. The van der Waals surface area contributed by atoms with Gasteiger partial charge in [0.1, 0.15) is 16.9 Å². The Balaban J connectivity index is 1.21. The number of hydrazone groups is 1. The van der Waals surface area contributed by atoms with Crippen molar-refractivity contribution in [3.05, 3.63) is 124 Å². The van der Waals surface area contributed by atoms with E-state index in [1.54, 1.807) is 11.3 Å². The minimum atomic E-state index is 0.671. The van der Waals surface area contributed by atoms with Crippen LogP contribution in [0.4, 0.5) is 0 Å². The van der Waals surface area contributed by atoms with E-state index in [4.69, 9.17) is 10.1 Å². The van der Waals surface area contributed by atoms with Crippen molar-refractivity contribution in [1.29, 1.82) is 0 Å². The van der Waals surface area contributed by atoms with Crippen LogP contribution in [0.5, 0.6) is 0 Å². The second kappa shape index (κ2) is 10.5. The molecule has 0 bridgehead atoms.